The first-order valence-electron chi connectivity index (χ1n) is 7.31. The summed E-state index contributed by atoms with van der Waals surface area (Å²) in [5.74, 6) is 2.17. The summed E-state index contributed by atoms with van der Waals surface area (Å²) in [6.45, 7) is 1.83. The van der Waals surface area contributed by atoms with Crippen molar-refractivity contribution >= 4 is 10.9 Å². The highest BCUT2D eigenvalue weighted by molar-refractivity contribution is 5.83. The van der Waals surface area contributed by atoms with Gasteiger partial charge in [0.25, 0.3) is 0 Å². The summed E-state index contributed by atoms with van der Waals surface area (Å²) in [6.07, 6.45) is 4.45. The number of hydrogen-bond acceptors (Lipinski definition) is 4. The van der Waals surface area contributed by atoms with E-state index in [1.165, 1.54) is 12.8 Å². The van der Waals surface area contributed by atoms with E-state index in [-0.39, 0.29) is 5.92 Å². The molecule has 0 bridgehead atoms. The van der Waals surface area contributed by atoms with Crippen LogP contribution in [0.1, 0.15) is 43.1 Å². The second-order valence-corrected chi connectivity index (χ2v) is 5.56. The lowest BCUT2D eigenvalue weighted by Gasteiger charge is -2.15. The van der Waals surface area contributed by atoms with E-state index in [0.717, 1.165) is 28.5 Å². The van der Waals surface area contributed by atoms with E-state index in [2.05, 4.69) is 4.98 Å². The Morgan fingerprint density at radius 1 is 1.14 bits per heavy atom. The molecule has 2 aromatic rings. The summed E-state index contributed by atoms with van der Waals surface area (Å²) in [6, 6.07) is 3.67. The average molecular weight is 288 g/mol. The molecule has 112 valence electrons. The van der Waals surface area contributed by atoms with Crippen molar-refractivity contribution in [2.45, 2.75) is 38.5 Å². The maximum Gasteiger partial charge on any atom is 0.305 e. The summed E-state index contributed by atoms with van der Waals surface area (Å²) in [7, 11) is 3.19. The highest BCUT2D eigenvalue weighted by Crippen LogP contribution is 2.35. The van der Waals surface area contributed by atoms with E-state index in [1.807, 2.05) is 19.1 Å². The first-order chi connectivity index (χ1) is 10.2. The summed E-state index contributed by atoms with van der Waals surface area (Å²) < 4.78 is 11.6. The smallest absolute Gasteiger partial charge is 0.305 e. The number of ether oxygens (including phenoxy) is 2. The van der Waals surface area contributed by atoms with E-state index in [9.17, 15) is 5.21 Å². The molecular weight excluding hydrogens is 268 g/mol. The minimum Gasteiger partial charge on any atom is -0.711 e. The molecule has 0 spiro atoms. The molecule has 21 heavy (non-hydrogen) atoms. The maximum absolute atomic E-state index is 12.5. The Morgan fingerprint density at radius 3 is 2.38 bits per heavy atom. The van der Waals surface area contributed by atoms with Crippen LogP contribution in [0.25, 0.3) is 10.9 Å². The third-order valence-electron chi connectivity index (χ3n) is 4.36. The van der Waals surface area contributed by atoms with E-state index in [0.29, 0.717) is 23.0 Å². The van der Waals surface area contributed by atoms with Gasteiger partial charge in [-0.15, -0.1) is 0 Å². The third-order valence-corrected chi connectivity index (χ3v) is 4.36. The lowest BCUT2D eigenvalue weighted by atomic mass is 10.1. The molecule has 1 heterocycles. The van der Waals surface area contributed by atoms with Gasteiger partial charge in [-0.3, -0.25) is 0 Å². The molecule has 5 heteroatoms. The molecule has 1 saturated carbocycles. The number of aryl methyl sites for hydroxylation is 1. The average Bonchev–Trinajstić information content (AvgIpc) is 3.03. The van der Waals surface area contributed by atoms with Gasteiger partial charge in [0.1, 0.15) is 5.69 Å². The molecule has 0 N–H and O–H groups in total. The van der Waals surface area contributed by atoms with E-state index in [1.54, 1.807) is 14.2 Å². The van der Waals surface area contributed by atoms with Crippen molar-refractivity contribution in [1.82, 2.24) is 4.98 Å². The first kappa shape index (κ1) is 13.9. The second kappa shape index (κ2) is 5.39. The van der Waals surface area contributed by atoms with E-state index >= 15 is 0 Å². The van der Waals surface area contributed by atoms with Gasteiger partial charge in [0.05, 0.1) is 25.5 Å². The zero-order chi connectivity index (χ0) is 15.0. The predicted molar refractivity (Wildman–Crippen MR) is 79.8 cm³/mol. The number of aromatic nitrogens is 2. The molecule has 0 radical (unpaired) electrons. The lowest BCUT2D eigenvalue weighted by molar-refractivity contribution is -0.624. The number of nitrogens with zero attached hydrogens (tertiary/aromatic N) is 2. The van der Waals surface area contributed by atoms with Crippen molar-refractivity contribution in [3.05, 3.63) is 28.9 Å². The van der Waals surface area contributed by atoms with Crippen LogP contribution in [0.15, 0.2) is 12.1 Å². The van der Waals surface area contributed by atoms with Crippen LogP contribution < -0.4 is 14.2 Å². The number of fused-ring (bicyclic) bond motifs is 1. The fraction of sp³-hybridized carbons (Fsp3) is 0.500. The van der Waals surface area contributed by atoms with Crippen molar-refractivity contribution in [2.75, 3.05) is 14.2 Å². The molecule has 0 aliphatic heterocycles. The quantitative estimate of drug-likeness (QED) is 0.643. The minimum absolute atomic E-state index is 0.277. The molecule has 1 fully saturated rings. The van der Waals surface area contributed by atoms with Gasteiger partial charge >= 0.3 is 5.82 Å². The van der Waals surface area contributed by atoms with Gasteiger partial charge in [0, 0.05) is 6.07 Å². The molecule has 1 aromatic carbocycles. The van der Waals surface area contributed by atoms with E-state index in [4.69, 9.17) is 9.47 Å². The molecule has 0 saturated heterocycles. The minimum atomic E-state index is 0.277. The molecule has 1 aromatic heterocycles. The summed E-state index contributed by atoms with van der Waals surface area (Å²) >= 11 is 0. The van der Waals surface area contributed by atoms with Crippen LogP contribution in [0, 0.1) is 12.1 Å². The number of methoxy groups -OCH3 is 2. The van der Waals surface area contributed by atoms with Crippen LogP contribution in [-0.4, -0.2) is 19.2 Å². The van der Waals surface area contributed by atoms with Crippen molar-refractivity contribution in [3.63, 3.8) is 0 Å². The van der Waals surface area contributed by atoms with Crippen LogP contribution in [0.3, 0.4) is 0 Å². The Labute approximate surface area is 124 Å². The Hall–Kier alpha value is -2.04. The van der Waals surface area contributed by atoms with Gasteiger partial charge in [-0.1, -0.05) is 12.8 Å². The molecule has 1 aliphatic rings. The van der Waals surface area contributed by atoms with Gasteiger partial charge in [-0.25, -0.2) is 4.73 Å². The Morgan fingerprint density at radius 2 is 1.76 bits per heavy atom. The largest absolute Gasteiger partial charge is 0.711 e. The molecular formula is C16H20N2O3. The fourth-order valence-corrected chi connectivity index (χ4v) is 3.14. The number of hydrogen-bond donors (Lipinski definition) is 0. The second-order valence-electron chi connectivity index (χ2n) is 5.56. The van der Waals surface area contributed by atoms with Crippen molar-refractivity contribution in [3.8, 4) is 11.5 Å². The number of benzene rings is 1. The molecule has 1 aliphatic carbocycles. The Kier molecular flexibility index (Phi) is 3.57. The third kappa shape index (κ3) is 2.26. The van der Waals surface area contributed by atoms with Crippen molar-refractivity contribution < 1.29 is 14.2 Å². The Bertz CT molecular complexity index is 679. The molecule has 3 rings (SSSR count). The highest BCUT2D eigenvalue weighted by Gasteiger charge is 2.28. The SMILES string of the molecule is COc1cc2nc(C3CCCC3)[n+]([O-])c(C)c2cc1OC. The highest BCUT2D eigenvalue weighted by atomic mass is 16.5. The fourth-order valence-electron chi connectivity index (χ4n) is 3.14. The van der Waals surface area contributed by atoms with Gasteiger partial charge in [-0.05, 0) is 30.8 Å². The van der Waals surface area contributed by atoms with Gasteiger partial charge < -0.3 is 14.7 Å². The van der Waals surface area contributed by atoms with Gasteiger partial charge in [0.2, 0.25) is 0 Å². The van der Waals surface area contributed by atoms with E-state index < -0.39 is 0 Å². The van der Waals surface area contributed by atoms with Crippen LogP contribution in [0.2, 0.25) is 0 Å². The zero-order valence-corrected chi connectivity index (χ0v) is 12.7. The summed E-state index contributed by atoms with van der Waals surface area (Å²) in [5, 5.41) is 13.3. The predicted octanol–water partition coefficient (Wildman–Crippen LogP) is 2.85. The van der Waals surface area contributed by atoms with Crippen LogP contribution in [0.5, 0.6) is 11.5 Å². The van der Waals surface area contributed by atoms with Gasteiger partial charge in [0.15, 0.2) is 17.0 Å². The van der Waals surface area contributed by atoms with Crippen LogP contribution >= 0.6 is 0 Å². The standard InChI is InChI=1S/C16H20N2O3/c1-10-12-8-14(20-2)15(21-3)9-13(12)17-16(18(10)19)11-6-4-5-7-11/h8-9,11H,4-7H2,1-3H3. The summed E-state index contributed by atoms with van der Waals surface area (Å²) in [4.78, 5) is 4.62. The van der Waals surface area contributed by atoms with Crippen molar-refractivity contribution in [1.29, 1.82) is 0 Å². The van der Waals surface area contributed by atoms with Crippen LogP contribution in [-0.2, 0) is 0 Å². The first-order valence-corrected chi connectivity index (χ1v) is 7.31. The lowest BCUT2D eigenvalue weighted by Crippen LogP contribution is -2.38. The van der Waals surface area contributed by atoms with Gasteiger partial charge in [-0.2, -0.15) is 0 Å². The zero-order valence-electron chi connectivity index (χ0n) is 12.7. The molecule has 5 nitrogen and oxygen atoms in total. The molecule has 0 amide bonds. The normalized spacial score (nSPS) is 15.6. The molecule has 0 atom stereocenters. The summed E-state index contributed by atoms with van der Waals surface area (Å²) in [5.41, 5.74) is 1.46. The van der Waals surface area contributed by atoms with Crippen LogP contribution in [0.4, 0.5) is 0 Å². The molecule has 0 unspecified atom stereocenters. The topological polar surface area (TPSA) is 58.3 Å². The number of rotatable bonds is 3. The Balaban J connectivity index is 2.22. The monoisotopic (exact) mass is 288 g/mol. The van der Waals surface area contributed by atoms with Crippen molar-refractivity contribution in [2.24, 2.45) is 0 Å². The maximum atomic E-state index is 12.5.